The number of nitrogens with one attached hydrogen (secondary N) is 1. The zero-order valence-electron chi connectivity index (χ0n) is 10.9. The Morgan fingerprint density at radius 2 is 1.89 bits per heavy atom. The summed E-state index contributed by atoms with van der Waals surface area (Å²) in [7, 11) is -3.43. The van der Waals surface area contributed by atoms with E-state index in [1.165, 1.54) is 0 Å². The van der Waals surface area contributed by atoms with Gasteiger partial charge in [0.15, 0.2) is 9.84 Å². The van der Waals surface area contributed by atoms with Crippen LogP contribution in [-0.2, 0) is 14.6 Å². The first kappa shape index (κ1) is 13.9. The van der Waals surface area contributed by atoms with Crippen molar-refractivity contribution in [2.75, 3.05) is 5.75 Å². The molecule has 1 aromatic rings. The SMILES string of the molecule is CC(C)[C@@H]1OC(=O)N[C@H]1CS(=O)(=O)c1ccccc1. The molecule has 1 N–H and O–H groups in total. The van der Waals surface area contributed by atoms with Crippen LogP contribution in [-0.4, -0.2) is 32.4 Å². The van der Waals surface area contributed by atoms with Crippen molar-refractivity contribution in [3.8, 4) is 0 Å². The Labute approximate surface area is 112 Å². The molecule has 0 spiro atoms. The maximum absolute atomic E-state index is 12.3. The zero-order valence-corrected chi connectivity index (χ0v) is 11.7. The molecule has 19 heavy (non-hydrogen) atoms. The molecule has 0 bridgehead atoms. The molecule has 1 aliphatic rings. The Bertz CT molecular complexity index is 553. The summed E-state index contributed by atoms with van der Waals surface area (Å²) in [5.74, 6) is -0.0825. The molecule has 0 aliphatic carbocycles. The van der Waals surface area contributed by atoms with Gasteiger partial charge in [-0.25, -0.2) is 13.2 Å². The van der Waals surface area contributed by atoms with Crippen LogP contribution < -0.4 is 5.32 Å². The Kier molecular flexibility index (Phi) is 3.80. The number of carbonyl (C=O) groups is 1. The van der Waals surface area contributed by atoms with E-state index in [1.807, 2.05) is 13.8 Å². The molecule has 1 amide bonds. The van der Waals surface area contributed by atoms with Crippen molar-refractivity contribution in [3.05, 3.63) is 30.3 Å². The number of hydrogen-bond acceptors (Lipinski definition) is 4. The highest BCUT2D eigenvalue weighted by Crippen LogP contribution is 2.21. The van der Waals surface area contributed by atoms with Crippen molar-refractivity contribution in [2.45, 2.75) is 30.9 Å². The van der Waals surface area contributed by atoms with Crippen LogP contribution >= 0.6 is 0 Å². The van der Waals surface area contributed by atoms with E-state index in [9.17, 15) is 13.2 Å². The van der Waals surface area contributed by atoms with E-state index in [0.717, 1.165) is 0 Å². The second-order valence-corrected chi connectivity index (χ2v) is 6.99. The van der Waals surface area contributed by atoms with E-state index in [-0.39, 0.29) is 16.6 Å². The molecule has 1 aromatic carbocycles. The van der Waals surface area contributed by atoms with Gasteiger partial charge in [-0.1, -0.05) is 32.0 Å². The third-order valence-corrected chi connectivity index (χ3v) is 4.89. The predicted molar refractivity (Wildman–Crippen MR) is 70.5 cm³/mol. The van der Waals surface area contributed by atoms with Crippen LogP contribution in [0.15, 0.2) is 35.2 Å². The Morgan fingerprint density at radius 3 is 2.47 bits per heavy atom. The molecule has 2 rings (SSSR count). The Hall–Kier alpha value is -1.56. The lowest BCUT2D eigenvalue weighted by Gasteiger charge is -2.19. The average molecular weight is 283 g/mol. The fourth-order valence-corrected chi connectivity index (χ4v) is 3.68. The molecule has 1 aliphatic heterocycles. The first-order valence-electron chi connectivity index (χ1n) is 6.15. The molecule has 1 saturated heterocycles. The van der Waals surface area contributed by atoms with E-state index in [1.54, 1.807) is 30.3 Å². The molecule has 1 heterocycles. The lowest BCUT2D eigenvalue weighted by Crippen LogP contribution is -2.40. The van der Waals surface area contributed by atoms with E-state index >= 15 is 0 Å². The maximum atomic E-state index is 12.3. The minimum atomic E-state index is -3.43. The van der Waals surface area contributed by atoms with Crippen LogP contribution in [0.4, 0.5) is 4.79 Å². The highest BCUT2D eigenvalue weighted by atomic mass is 32.2. The molecule has 0 saturated carbocycles. The molecular weight excluding hydrogens is 266 g/mol. The van der Waals surface area contributed by atoms with Gasteiger partial charge in [-0.3, -0.25) is 0 Å². The van der Waals surface area contributed by atoms with Crippen LogP contribution in [0.2, 0.25) is 0 Å². The predicted octanol–water partition coefficient (Wildman–Crippen LogP) is 1.59. The van der Waals surface area contributed by atoms with Crippen molar-refractivity contribution in [1.29, 1.82) is 0 Å². The molecule has 1 fully saturated rings. The van der Waals surface area contributed by atoms with Crippen molar-refractivity contribution < 1.29 is 17.9 Å². The third kappa shape index (κ3) is 3.07. The van der Waals surface area contributed by atoms with E-state index in [4.69, 9.17) is 4.74 Å². The number of ether oxygens (including phenoxy) is 1. The molecule has 0 aromatic heterocycles. The van der Waals surface area contributed by atoms with Crippen LogP contribution in [0.5, 0.6) is 0 Å². The monoisotopic (exact) mass is 283 g/mol. The third-order valence-electron chi connectivity index (χ3n) is 3.10. The molecule has 2 atom stereocenters. The van der Waals surface area contributed by atoms with Gasteiger partial charge in [-0.05, 0) is 18.1 Å². The molecule has 0 radical (unpaired) electrons. The topological polar surface area (TPSA) is 72.5 Å². The number of rotatable bonds is 4. The highest BCUT2D eigenvalue weighted by Gasteiger charge is 2.39. The van der Waals surface area contributed by atoms with Gasteiger partial charge in [-0.2, -0.15) is 0 Å². The van der Waals surface area contributed by atoms with Gasteiger partial charge in [0.1, 0.15) is 6.10 Å². The lowest BCUT2D eigenvalue weighted by molar-refractivity contribution is 0.105. The first-order chi connectivity index (χ1) is 8.90. The number of cyclic esters (lactones) is 1. The van der Waals surface area contributed by atoms with Gasteiger partial charge in [0, 0.05) is 0 Å². The normalized spacial score (nSPS) is 23.2. The Morgan fingerprint density at radius 1 is 1.26 bits per heavy atom. The van der Waals surface area contributed by atoms with Gasteiger partial charge in [-0.15, -0.1) is 0 Å². The van der Waals surface area contributed by atoms with Gasteiger partial charge >= 0.3 is 6.09 Å². The summed E-state index contributed by atoms with van der Waals surface area (Å²) in [6.07, 6.45) is -0.960. The summed E-state index contributed by atoms with van der Waals surface area (Å²) in [6, 6.07) is 7.72. The van der Waals surface area contributed by atoms with E-state index in [2.05, 4.69) is 5.32 Å². The van der Waals surface area contributed by atoms with Crippen LogP contribution in [0, 0.1) is 5.92 Å². The number of carbonyl (C=O) groups excluding carboxylic acids is 1. The number of hydrogen-bond donors (Lipinski definition) is 1. The minimum absolute atomic E-state index is 0.0647. The van der Waals surface area contributed by atoms with Crippen molar-refractivity contribution >= 4 is 15.9 Å². The molecule has 6 heteroatoms. The standard InChI is InChI=1S/C13H17NO4S/c1-9(2)12-11(14-13(15)18-12)8-19(16,17)10-6-4-3-5-7-10/h3-7,9,11-12H,8H2,1-2H3,(H,14,15)/t11-,12-/m0/s1. The summed E-state index contributed by atoms with van der Waals surface area (Å²) in [4.78, 5) is 11.5. The van der Waals surface area contributed by atoms with Crippen LogP contribution in [0.25, 0.3) is 0 Å². The smallest absolute Gasteiger partial charge is 0.407 e. The van der Waals surface area contributed by atoms with Gasteiger partial charge < -0.3 is 10.1 Å². The van der Waals surface area contributed by atoms with Crippen LogP contribution in [0.3, 0.4) is 0 Å². The summed E-state index contributed by atoms with van der Waals surface area (Å²) >= 11 is 0. The summed E-state index contributed by atoms with van der Waals surface area (Å²) in [5.41, 5.74) is 0. The van der Waals surface area contributed by atoms with Crippen molar-refractivity contribution in [1.82, 2.24) is 5.32 Å². The van der Waals surface area contributed by atoms with E-state index in [0.29, 0.717) is 0 Å². The lowest BCUT2D eigenvalue weighted by atomic mass is 10.0. The minimum Gasteiger partial charge on any atom is -0.444 e. The number of alkyl carbamates (subject to hydrolysis) is 1. The van der Waals surface area contributed by atoms with Crippen molar-refractivity contribution in [3.63, 3.8) is 0 Å². The Balaban J connectivity index is 2.18. The number of benzene rings is 1. The second-order valence-electron chi connectivity index (χ2n) is 4.96. The van der Waals surface area contributed by atoms with Gasteiger partial charge in [0.05, 0.1) is 16.7 Å². The second kappa shape index (κ2) is 5.21. The van der Waals surface area contributed by atoms with Crippen LogP contribution in [0.1, 0.15) is 13.8 Å². The fourth-order valence-electron chi connectivity index (χ4n) is 2.17. The highest BCUT2D eigenvalue weighted by molar-refractivity contribution is 7.91. The first-order valence-corrected chi connectivity index (χ1v) is 7.80. The maximum Gasteiger partial charge on any atom is 0.407 e. The zero-order chi connectivity index (χ0) is 14.0. The largest absolute Gasteiger partial charge is 0.444 e. The molecule has 104 valence electrons. The quantitative estimate of drug-likeness (QED) is 0.911. The number of amides is 1. The van der Waals surface area contributed by atoms with Gasteiger partial charge in [0.25, 0.3) is 0 Å². The van der Waals surface area contributed by atoms with E-state index < -0.39 is 28.1 Å². The molecule has 0 unspecified atom stereocenters. The van der Waals surface area contributed by atoms with Crippen molar-refractivity contribution in [2.24, 2.45) is 5.92 Å². The average Bonchev–Trinajstić information content (AvgIpc) is 2.71. The molecular formula is C13H17NO4S. The summed E-state index contributed by atoms with van der Waals surface area (Å²) in [6.45, 7) is 3.79. The fraction of sp³-hybridized carbons (Fsp3) is 0.462. The summed E-state index contributed by atoms with van der Waals surface area (Å²) in [5, 5.41) is 2.57. The van der Waals surface area contributed by atoms with Gasteiger partial charge in [0.2, 0.25) is 0 Å². The molecule has 5 nitrogen and oxygen atoms in total. The number of sulfone groups is 1. The summed E-state index contributed by atoms with van der Waals surface area (Å²) < 4.78 is 29.6.